The Labute approximate surface area is 125 Å². The minimum absolute atomic E-state index is 0.103. The monoisotopic (exact) mass is 315 g/mol. The van der Waals surface area contributed by atoms with E-state index in [0.29, 0.717) is 6.42 Å². The number of rotatable bonds is 7. The first-order valence-corrected chi connectivity index (χ1v) is 8.14. The fourth-order valence-electron chi connectivity index (χ4n) is 1.97. The Morgan fingerprint density at radius 1 is 1.38 bits per heavy atom. The summed E-state index contributed by atoms with van der Waals surface area (Å²) in [6.07, 6.45) is 0.637. The Bertz CT molecular complexity index is 610. The van der Waals surface area contributed by atoms with Gasteiger partial charge in [-0.2, -0.15) is 0 Å². The molecule has 0 radical (unpaired) electrons. The molecule has 0 spiro atoms. The summed E-state index contributed by atoms with van der Waals surface area (Å²) >= 11 is 0. The number of aromatic carboxylic acids is 1. The molecule has 0 aliphatic rings. The predicted octanol–water partition coefficient (Wildman–Crippen LogP) is 2.11. The van der Waals surface area contributed by atoms with E-state index in [9.17, 15) is 13.2 Å². The highest BCUT2D eigenvalue weighted by molar-refractivity contribution is 7.89. The first kappa shape index (κ1) is 17.5. The van der Waals surface area contributed by atoms with Crippen LogP contribution in [0, 0.1) is 5.92 Å². The van der Waals surface area contributed by atoms with Crippen LogP contribution in [0.2, 0.25) is 0 Å². The number of methoxy groups -OCH3 is 1. The summed E-state index contributed by atoms with van der Waals surface area (Å²) in [7, 11) is -2.51. The molecule has 2 N–H and O–H groups in total. The van der Waals surface area contributed by atoms with Crippen LogP contribution in [0.4, 0.5) is 0 Å². The fraction of sp³-hybridized carbons (Fsp3) is 0.500. The summed E-state index contributed by atoms with van der Waals surface area (Å²) in [6.45, 7) is 5.72. The number of nitrogens with one attached hydrogen (secondary N) is 1. The largest absolute Gasteiger partial charge is 0.495 e. The summed E-state index contributed by atoms with van der Waals surface area (Å²) in [5, 5.41) is 9.00. The van der Waals surface area contributed by atoms with Gasteiger partial charge in [0, 0.05) is 6.04 Å². The van der Waals surface area contributed by atoms with E-state index in [1.54, 1.807) is 0 Å². The van der Waals surface area contributed by atoms with E-state index in [2.05, 4.69) is 4.72 Å². The Balaban J connectivity index is 3.29. The van der Waals surface area contributed by atoms with Gasteiger partial charge in [-0.05, 0) is 30.5 Å². The lowest BCUT2D eigenvalue weighted by atomic mass is 10.0. The summed E-state index contributed by atoms with van der Waals surface area (Å²) in [4.78, 5) is 10.8. The van der Waals surface area contributed by atoms with Crippen LogP contribution in [0.1, 0.15) is 37.6 Å². The number of hydrogen-bond acceptors (Lipinski definition) is 4. The van der Waals surface area contributed by atoms with Gasteiger partial charge < -0.3 is 9.84 Å². The quantitative estimate of drug-likeness (QED) is 0.804. The highest BCUT2D eigenvalue weighted by Crippen LogP contribution is 2.25. The number of carboxylic acids is 1. The first-order valence-electron chi connectivity index (χ1n) is 6.66. The molecule has 6 nitrogen and oxygen atoms in total. The Morgan fingerprint density at radius 3 is 2.43 bits per heavy atom. The fourth-order valence-corrected chi connectivity index (χ4v) is 3.64. The van der Waals surface area contributed by atoms with E-state index in [0.717, 1.165) is 6.07 Å². The van der Waals surface area contributed by atoms with Gasteiger partial charge in [0.15, 0.2) is 0 Å². The van der Waals surface area contributed by atoms with Crippen molar-refractivity contribution in [3.63, 3.8) is 0 Å². The zero-order valence-corrected chi connectivity index (χ0v) is 13.4. The third-order valence-corrected chi connectivity index (χ3v) is 4.76. The molecule has 118 valence electrons. The topological polar surface area (TPSA) is 92.7 Å². The van der Waals surface area contributed by atoms with E-state index >= 15 is 0 Å². The molecule has 0 bridgehead atoms. The number of sulfonamides is 1. The molecule has 21 heavy (non-hydrogen) atoms. The van der Waals surface area contributed by atoms with Crippen molar-refractivity contribution < 1.29 is 23.1 Å². The van der Waals surface area contributed by atoms with Crippen LogP contribution in [0.5, 0.6) is 5.75 Å². The highest BCUT2D eigenvalue weighted by Gasteiger charge is 2.25. The van der Waals surface area contributed by atoms with E-state index in [1.165, 1.54) is 19.2 Å². The first-order chi connectivity index (χ1) is 9.72. The van der Waals surface area contributed by atoms with Gasteiger partial charge in [-0.15, -0.1) is 0 Å². The van der Waals surface area contributed by atoms with Gasteiger partial charge in [-0.25, -0.2) is 17.9 Å². The van der Waals surface area contributed by atoms with Crippen LogP contribution >= 0.6 is 0 Å². The predicted molar refractivity (Wildman–Crippen MR) is 79.2 cm³/mol. The third kappa shape index (κ3) is 4.18. The van der Waals surface area contributed by atoms with Crippen molar-refractivity contribution in [2.45, 2.75) is 38.1 Å². The number of hydrogen-bond donors (Lipinski definition) is 2. The lowest BCUT2D eigenvalue weighted by Crippen LogP contribution is -2.38. The Hall–Kier alpha value is -1.60. The van der Waals surface area contributed by atoms with Crippen LogP contribution in [-0.4, -0.2) is 32.6 Å². The van der Waals surface area contributed by atoms with Crippen molar-refractivity contribution in [1.29, 1.82) is 0 Å². The van der Waals surface area contributed by atoms with Gasteiger partial charge in [0.2, 0.25) is 10.0 Å². The molecule has 0 saturated carbocycles. The van der Waals surface area contributed by atoms with Gasteiger partial charge in [-0.3, -0.25) is 0 Å². The van der Waals surface area contributed by atoms with Crippen LogP contribution in [0.25, 0.3) is 0 Å². The van der Waals surface area contributed by atoms with Gasteiger partial charge in [0.25, 0.3) is 0 Å². The van der Waals surface area contributed by atoms with E-state index in [-0.39, 0.29) is 28.2 Å². The minimum Gasteiger partial charge on any atom is -0.495 e. The van der Waals surface area contributed by atoms with Crippen LogP contribution in [0.15, 0.2) is 23.1 Å². The maximum atomic E-state index is 12.5. The van der Waals surface area contributed by atoms with E-state index < -0.39 is 16.0 Å². The summed E-state index contributed by atoms with van der Waals surface area (Å²) in [5.74, 6) is -0.950. The maximum Gasteiger partial charge on any atom is 0.335 e. The normalized spacial score (nSPS) is 13.2. The van der Waals surface area contributed by atoms with Crippen molar-refractivity contribution in [1.82, 2.24) is 4.72 Å². The number of benzene rings is 1. The zero-order chi connectivity index (χ0) is 16.2. The number of carboxylic acid groups (broad SMARTS) is 1. The van der Waals surface area contributed by atoms with Crippen LogP contribution < -0.4 is 9.46 Å². The smallest absolute Gasteiger partial charge is 0.335 e. The average molecular weight is 315 g/mol. The molecule has 0 aliphatic carbocycles. The lowest BCUT2D eigenvalue weighted by molar-refractivity contribution is 0.0696. The van der Waals surface area contributed by atoms with Gasteiger partial charge in [0.05, 0.1) is 12.7 Å². The summed E-state index contributed by atoms with van der Waals surface area (Å²) < 4.78 is 32.6. The Morgan fingerprint density at radius 2 is 2.00 bits per heavy atom. The number of ether oxygens (including phenoxy) is 1. The molecular formula is C14H21NO5S. The SMILES string of the molecule is CCC(NS(=O)(=O)c1cc(C(=O)O)ccc1OC)C(C)C. The third-order valence-electron chi connectivity index (χ3n) is 3.25. The molecule has 0 saturated heterocycles. The molecule has 1 unspecified atom stereocenters. The van der Waals surface area contributed by atoms with E-state index in [4.69, 9.17) is 9.84 Å². The van der Waals surface area contributed by atoms with Crippen LogP contribution in [-0.2, 0) is 10.0 Å². The zero-order valence-electron chi connectivity index (χ0n) is 12.6. The lowest BCUT2D eigenvalue weighted by Gasteiger charge is -2.21. The average Bonchev–Trinajstić information content (AvgIpc) is 2.43. The summed E-state index contributed by atoms with van der Waals surface area (Å²) in [6, 6.07) is 3.53. The molecule has 1 aromatic rings. The van der Waals surface area contributed by atoms with Gasteiger partial charge >= 0.3 is 5.97 Å². The molecule has 7 heteroatoms. The van der Waals surface area contributed by atoms with Crippen LogP contribution in [0.3, 0.4) is 0 Å². The molecular weight excluding hydrogens is 294 g/mol. The second-order valence-electron chi connectivity index (χ2n) is 5.05. The maximum absolute atomic E-state index is 12.5. The van der Waals surface area contributed by atoms with Crippen molar-refractivity contribution in [3.8, 4) is 5.75 Å². The molecule has 1 aromatic carbocycles. The highest BCUT2D eigenvalue weighted by atomic mass is 32.2. The standard InChI is InChI=1S/C14H21NO5S/c1-5-11(9(2)3)15-21(18,19)13-8-10(14(16)17)6-7-12(13)20-4/h6-9,11,15H,5H2,1-4H3,(H,16,17). The molecule has 1 atom stereocenters. The second-order valence-corrected chi connectivity index (χ2v) is 6.73. The minimum atomic E-state index is -3.85. The van der Waals surface area contributed by atoms with Crippen molar-refractivity contribution in [2.24, 2.45) is 5.92 Å². The van der Waals surface area contributed by atoms with Crippen molar-refractivity contribution >= 4 is 16.0 Å². The van der Waals surface area contributed by atoms with Gasteiger partial charge in [0.1, 0.15) is 10.6 Å². The molecule has 0 aliphatic heterocycles. The Kier molecular flexibility index (Phi) is 5.74. The number of carbonyl (C=O) groups is 1. The molecule has 0 fully saturated rings. The van der Waals surface area contributed by atoms with Crippen molar-refractivity contribution in [3.05, 3.63) is 23.8 Å². The molecule has 0 aromatic heterocycles. The van der Waals surface area contributed by atoms with E-state index in [1.807, 2.05) is 20.8 Å². The molecule has 1 rings (SSSR count). The molecule has 0 amide bonds. The summed E-state index contributed by atoms with van der Waals surface area (Å²) in [5.41, 5.74) is -0.103. The molecule has 0 heterocycles. The van der Waals surface area contributed by atoms with Crippen molar-refractivity contribution in [2.75, 3.05) is 7.11 Å². The second kappa shape index (κ2) is 6.91. The van der Waals surface area contributed by atoms with Gasteiger partial charge in [-0.1, -0.05) is 20.8 Å².